The van der Waals surface area contributed by atoms with Crippen LogP contribution in [0.25, 0.3) is 10.8 Å². The van der Waals surface area contributed by atoms with E-state index in [9.17, 15) is 9.59 Å². The molecule has 5 nitrogen and oxygen atoms in total. The van der Waals surface area contributed by atoms with E-state index in [2.05, 4.69) is 4.98 Å². The normalized spacial score (nSPS) is 10.1. The third-order valence-corrected chi connectivity index (χ3v) is 4.12. The molecule has 0 spiro atoms. The first-order chi connectivity index (χ1) is 12.2. The first kappa shape index (κ1) is 19.4. The fourth-order valence-electron chi connectivity index (χ4n) is 2.84. The lowest BCUT2D eigenvalue weighted by molar-refractivity contribution is 0.109. The van der Waals surface area contributed by atoms with Crippen molar-refractivity contribution in [1.29, 1.82) is 0 Å². The summed E-state index contributed by atoms with van der Waals surface area (Å²) in [6.07, 6.45) is 3.65. The fraction of sp³-hybridized carbons (Fsp3) is 0.150. The third-order valence-electron chi connectivity index (χ3n) is 4.12. The van der Waals surface area contributed by atoms with Crippen LogP contribution in [0.3, 0.4) is 0 Å². The Morgan fingerprint density at radius 3 is 2.27 bits per heavy atom. The molecule has 6 heteroatoms. The molecule has 0 saturated heterocycles. The standard InChI is InChI=1S/C20H17NO4.ClH/c1-24-19-4-3-13(8-20(19)25-2)7-18-17-10-16(12-23)15(11-22)9-14(17)5-6-21-18;/h3-6,8-12H,7H2,1-2H3;1H. The maximum absolute atomic E-state index is 11.2. The number of aldehydes is 2. The number of nitrogens with zero attached hydrogens (tertiary/aromatic N) is 1. The summed E-state index contributed by atoms with van der Waals surface area (Å²) in [5.41, 5.74) is 2.57. The van der Waals surface area contributed by atoms with Gasteiger partial charge in [0.2, 0.25) is 0 Å². The van der Waals surface area contributed by atoms with Crippen LogP contribution in [0, 0.1) is 0 Å². The predicted octanol–water partition coefficient (Wildman–Crippen LogP) is 3.89. The number of aromatic nitrogens is 1. The number of methoxy groups -OCH3 is 2. The van der Waals surface area contributed by atoms with E-state index in [0.29, 0.717) is 41.6 Å². The summed E-state index contributed by atoms with van der Waals surface area (Å²) in [4.78, 5) is 26.8. The van der Waals surface area contributed by atoms with E-state index in [0.717, 1.165) is 22.0 Å². The van der Waals surface area contributed by atoms with Crippen LogP contribution < -0.4 is 9.47 Å². The Bertz CT molecular complexity index is 956. The highest BCUT2D eigenvalue weighted by Crippen LogP contribution is 2.29. The van der Waals surface area contributed by atoms with Crippen LogP contribution in [0.5, 0.6) is 11.5 Å². The summed E-state index contributed by atoms with van der Waals surface area (Å²) in [7, 11) is 3.18. The van der Waals surface area contributed by atoms with Crippen molar-refractivity contribution >= 4 is 35.8 Å². The van der Waals surface area contributed by atoms with Crippen LogP contribution in [0.2, 0.25) is 0 Å². The van der Waals surface area contributed by atoms with Gasteiger partial charge in [-0.25, -0.2) is 0 Å². The van der Waals surface area contributed by atoms with Gasteiger partial charge in [0.1, 0.15) is 0 Å². The van der Waals surface area contributed by atoms with Crippen molar-refractivity contribution in [1.82, 2.24) is 4.98 Å². The molecule has 0 radical (unpaired) electrons. The number of hydrogen-bond donors (Lipinski definition) is 0. The maximum Gasteiger partial charge on any atom is 0.160 e. The SMILES string of the molecule is COc1ccc(Cc2nccc3cc(C=O)c(C=O)cc23)cc1OC.Cl. The van der Waals surface area contributed by atoms with Crippen LogP contribution in [0.1, 0.15) is 32.0 Å². The molecule has 0 bridgehead atoms. The number of rotatable bonds is 6. The highest BCUT2D eigenvalue weighted by atomic mass is 35.5. The van der Waals surface area contributed by atoms with E-state index in [1.807, 2.05) is 24.3 Å². The molecular weight excluding hydrogens is 354 g/mol. The molecule has 1 aromatic heterocycles. The molecule has 0 saturated carbocycles. The number of halogens is 1. The van der Waals surface area contributed by atoms with Gasteiger partial charge in [0.15, 0.2) is 24.1 Å². The van der Waals surface area contributed by atoms with Crippen LogP contribution in [0.4, 0.5) is 0 Å². The minimum absolute atomic E-state index is 0. The molecule has 0 aliphatic heterocycles. The quantitative estimate of drug-likeness (QED) is 0.615. The first-order valence-electron chi connectivity index (χ1n) is 7.73. The van der Waals surface area contributed by atoms with Gasteiger partial charge in [-0.3, -0.25) is 14.6 Å². The number of carbonyl (C=O) groups is 2. The van der Waals surface area contributed by atoms with Gasteiger partial charge >= 0.3 is 0 Å². The van der Waals surface area contributed by atoms with Crippen molar-refractivity contribution < 1.29 is 19.1 Å². The van der Waals surface area contributed by atoms with Gasteiger partial charge in [-0.05, 0) is 41.3 Å². The van der Waals surface area contributed by atoms with Crippen molar-refractivity contribution in [3.05, 3.63) is 65.0 Å². The molecule has 2 aromatic carbocycles. The van der Waals surface area contributed by atoms with Gasteiger partial charge in [-0.2, -0.15) is 0 Å². The van der Waals surface area contributed by atoms with Crippen molar-refractivity contribution in [2.75, 3.05) is 14.2 Å². The van der Waals surface area contributed by atoms with Crippen molar-refractivity contribution in [2.45, 2.75) is 6.42 Å². The predicted molar refractivity (Wildman–Crippen MR) is 102 cm³/mol. The Morgan fingerprint density at radius 2 is 1.62 bits per heavy atom. The van der Waals surface area contributed by atoms with Gasteiger partial charge < -0.3 is 9.47 Å². The minimum atomic E-state index is 0. The zero-order valence-electron chi connectivity index (χ0n) is 14.4. The summed E-state index contributed by atoms with van der Waals surface area (Å²) < 4.78 is 10.6. The molecule has 0 aliphatic carbocycles. The minimum Gasteiger partial charge on any atom is -0.493 e. The number of benzene rings is 2. The number of carbonyl (C=O) groups excluding carboxylic acids is 2. The summed E-state index contributed by atoms with van der Waals surface area (Å²) in [5, 5.41) is 1.73. The van der Waals surface area contributed by atoms with Gasteiger partial charge in [-0.1, -0.05) is 6.07 Å². The van der Waals surface area contributed by atoms with E-state index >= 15 is 0 Å². The fourth-order valence-corrected chi connectivity index (χ4v) is 2.84. The highest BCUT2D eigenvalue weighted by molar-refractivity contribution is 5.99. The third kappa shape index (κ3) is 3.68. The molecule has 3 rings (SSSR count). The topological polar surface area (TPSA) is 65.5 Å². The molecule has 0 N–H and O–H groups in total. The lowest BCUT2D eigenvalue weighted by Crippen LogP contribution is -1.98. The Balaban J connectivity index is 0.00000243. The number of fused-ring (bicyclic) bond motifs is 1. The zero-order chi connectivity index (χ0) is 17.8. The monoisotopic (exact) mass is 371 g/mol. The first-order valence-corrected chi connectivity index (χ1v) is 7.73. The highest BCUT2D eigenvalue weighted by Gasteiger charge is 2.10. The largest absolute Gasteiger partial charge is 0.493 e. The molecule has 0 atom stereocenters. The Morgan fingerprint density at radius 1 is 0.923 bits per heavy atom. The molecular formula is C20H18ClNO4. The average Bonchev–Trinajstić information content (AvgIpc) is 2.66. The second kappa shape index (κ2) is 8.45. The zero-order valence-corrected chi connectivity index (χ0v) is 15.2. The lowest BCUT2D eigenvalue weighted by Gasteiger charge is -2.11. The molecule has 0 fully saturated rings. The van der Waals surface area contributed by atoms with Gasteiger partial charge in [0, 0.05) is 29.1 Å². The molecule has 134 valence electrons. The van der Waals surface area contributed by atoms with Crippen LogP contribution >= 0.6 is 12.4 Å². The van der Waals surface area contributed by atoms with Gasteiger partial charge in [0.05, 0.1) is 19.9 Å². The van der Waals surface area contributed by atoms with Crippen LogP contribution in [0.15, 0.2) is 42.6 Å². The number of pyridine rings is 1. The van der Waals surface area contributed by atoms with E-state index in [4.69, 9.17) is 9.47 Å². The second-order valence-electron chi connectivity index (χ2n) is 5.56. The number of ether oxygens (including phenoxy) is 2. The summed E-state index contributed by atoms with van der Waals surface area (Å²) in [6, 6.07) is 11.0. The number of hydrogen-bond acceptors (Lipinski definition) is 5. The van der Waals surface area contributed by atoms with Gasteiger partial charge in [-0.15, -0.1) is 12.4 Å². The summed E-state index contributed by atoms with van der Waals surface area (Å²) >= 11 is 0. The molecule has 26 heavy (non-hydrogen) atoms. The maximum atomic E-state index is 11.2. The van der Waals surface area contributed by atoms with E-state index in [-0.39, 0.29) is 12.4 Å². The van der Waals surface area contributed by atoms with E-state index in [1.54, 1.807) is 32.5 Å². The van der Waals surface area contributed by atoms with E-state index < -0.39 is 0 Å². The molecule has 0 amide bonds. The summed E-state index contributed by atoms with van der Waals surface area (Å²) in [5.74, 6) is 1.31. The average molecular weight is 372 g/mol. The molecule has 0 unspecified atom stereocenters. The van der Waals surface area contributed by atoms with Crippen molar-refractivity contribution in [3.8, 4) is 11.5 Å². The van der Waals surface area contributed by atoms with Crippen LogP contribution in [-0.4, -0.2) is 31.8 Å². The molecule has 3 aromatic rings. The lowest BCUT2D eigenvalue weighted by atomic mass is 9.99. The molecule has 0 aliphatic rings. The van der Waals surface area contributed by atoms with E-state index in [1.165, 1.54) is 0 Å². The van der Waals surface area contributed by atoms with Crippen LogP contribution in [-0.2, 0) is 6.42 Å². The Labute approximate surface area is 157 Å². The second-order valence-corrected chi connectivity index (χ2v) is 5.56. The Kier molecular flexibility index (Phi) is 6.31. The Hall–Kier alpha value is -2.92. The summed E-state index contributed by atoms with van der Waals surface area (Å²) in [6.45, 7) is 0. The van der Waals surface area contributed by atoms with Gasteiger partial charge in [0.25, 0.3) is 0 Å². The molecule has 1 heterocycles. The van der Waals surface area contributed by atoms with Crippen molar-refractivity contribution in [2.24, 2.45) is 0 Å². The van der Waals surface area contributed by atoms with Crippen molar-refractivity contribution in [3.63, 3.8) is 0 Å². The smallest absolute Gasteiger partial charge is 0.160 e.